The molecular weight excluding hydrogens is 260 g/mol. The van der Waals surface area contributed by atoms with Gasteiger partial charge in [0.15, 0.2) is 0 Å². The van der Waals surface area contributed by atoms with Gasteiger partial charge in [0, 0.05) is 17.0 Å². The van der Waals surface area contributed by atoms with Crippen LogP contribution in [0.4, 0.5) is 0 Å². The Morgan fingerprint density at radius 3 is 2.74 bits per heavy atom. The molecule has 2 aromatic carbocycles. The van der Waals surface area contributed by atoms with Crippen molar-refractivity contribution < 1.29 is 9.84 Å². The molecule has 0 fully saturated rings. The molecule has 2 atom stereocenters. The largest absolute Gasteiger partial charge is 0.485 e. The lowest BCUT2D eigenvalue weighted by molar-refractivity contribution is 0.0655. The van der Waals surface area contributed by atoms with Crippen molar-refractivity contribution in [2.24, 2.45) is 0 Å². The zero-order chi connectivity index (χ0) is 13.4. The van der Waals surface area contributed by atoms with Gasteiger partial charge in [-0.2, -0.15) is 0 Å². The van der Waals surface area contributed by atoms with E-state index in [1.54, 1.807) is 12.1 Å². The molecule has 1 heterocycles. The lowest BCUT2D eigenvalue weighted by Gasteiger charge is -2.30. The lowest BCUT2D eigenvalue weighted by atomic mass is 9.93. The maximum Gasteiger partial charge on any atom is 0.127 e. The summed E-state index contributed by atoms with van der Waals surface area (Å²) >= 11 is 5.95. The summed E-state index contributed by atoms with van der Waals surface area (Å²) < 4.78 is 6.01. The van der Waals surface area contributed by atoms with Gasteiger partial charge in [0.05, 0.1) is 6.10 Å². The molecule has 2 aromatic rings. The van der Waals surface area contributed by atoms with Crippen LogP contribution in [0.2, 0.25) is 5.02 Å². The zero-order valence-corrected chi connectivity index (χ0v) is 11.4. The van der Waals surface area contributed by atoms with Crippen LogP contribution in [0.3, 0.4) is 0 Å². The van der Waals surface area contributed by atoms with Crippen LogP contribution < -0.4 is 4.74 Å². The van der Waals surface area contributed by atoms with Crippen LogP contribution >= 0.6 is 11.6 Å². The molecule has 0 spiro atoms. The number of hydrogen-bond donors (Lipinski definition) is 1. The van der Waals surface area contributed by atoms with Crippen molar-refractivity contribution in [3.63, 3.8) is 0 Å². The molecule has 1 aliphatic heterocycles. The SMILES string of the molecule is Cc1ccccc1C1C[C@H](O)c2cc(Cl)ccc2O1. The summed E-state index contributed by atoms with van der Waals surface area (Å²) in [5.41, 5.74) is 3.08. The number of ether oxygens (including phenoxy) is 1. The van der Waals surface area contributed by atoms with Gasteiger partial charge in [0.25, 0.3) is 0 Å². The quantitative estimate of drug-likeness (QED) is 0.844. The molecule has 3 heteroatoms. The monoisotopic (exact) mass is 274 g/mol. The fraction of sp³-hybridized carbons (Fsp3) is 0.250. The fourth-order valence-electron chi connectivity index (χ4n) is 2.56. The summed E-state index contributed by atoms with van der Waals surface area (Å²) in [6.07, 6.45) is -0.0880. The van der Waals surface area contributed by atoms with Crippen molar-refractivity contribution in [3.8, 4) is 5.75 Å². The number of aliphatic hydroxyl groups is 1. The van der Waals surface area contributed by atoms with Crippen molar-refractivity contribution >= 4 is 11.6 Å². The topological polar surface area (TPSA) is 29.5 Å². The fourth-order valence-corrected chi connectivity index (χ4v) is 2.74. The summed E-state index contributed by atoms with van der Waals surface area (Å²) in [5, 5.41) is 10.9. The zero-order valence-electron chi connectivity index (χ0n) is 10.6. The Hall–Kier alpha value is -1.51. The minimum absolute atomic E-state index is 0.107. The molecule has 0 aliphatic carbocycles. The van der Waals surface area contributed by atoms with Crippen LogP contribution in [-0.4, -0.2) is 5.11 Å². The highest BCUT2D eigenvalue weighted by Gasteiger charge is 2.28. The standard InChI is InChI=1S/C16H15ClO2/c1-10-4-2-3-5-12(10)16-9-14(18)13-8-11(17)6-7-15(13)19-16/h2-8,14,16,18H,9H2,1H3/t14-,16?/m0/s1. The van der Waals surface area contributed by atoms with Crippen LogP contribution in [0.5, 0.6) is 5.75 Å². The number of aryl methyl sites for hydroxylation is 1. The maximum absolute atomic E-state index is 10.3. The molecular formula is C16H15ClO2. The number of aliphatic hydroxyl groups excluding tert-OH is 1. The average Bonchev–Trinajstić information content (AvgIpc) is 2.40. The predicted molar refractivity (Wildman–Crippen MR) is 75.6 cm³/mol. The Balaban J connectivity index is 1.97. The number of hydrogen-bond acceptors (Lipinski definition) is 2. The van der Waals surface area contributed by atoms with Crippen LogP contribution in [0, 0.1) is 6.92 Å². The Morgan fingerprint density at radius 1 is 1.16 bits per heavy atom. The molecule has 2 nitrogen and oxygen atoms in total. The molecule has 3 rings (SSSR count). The van der Waals surface area contributed by atoms with E-state index in [-0.39, 0.29) is 6.10 Å². The van der Waals surface area contributed by atoms with Crippen LogP contribution in [0.15, 0.2) is 42.5 Å². The second-order valence-electron chi connectivity index (χ2n) is 4.90. The first-order chi connectivity index (χ1) is 9.15. The molecule has 1 N–H and O–H groups in total. The first kappa shape index (κ1) is 12.5. The summed E-state index contributed by atoms with van der Waals surface area (Å²) in [4.78, 5) is 0. The number of fused-ring (bicyclic) bond motifs is 1. The van der Waals surface area contributed by atoms with Gasteiger partial charge in [-0.3, -0.25) is 0 Å². The van der Waals surface area contributed by atoms with E-state index >= 15 is 0 Å². The molecule has 98 valence electrons. The normalized spacial score (nSPS) is 21.6. The van der Waals surface area contributed by atoms with E-state index < -0.39 is 6.10 Å². The smallest absolute Gasteiger partial charge is 0.127 e. The maximum atomic E-state index is 10.3. The minimum Gasteiger partial charge on any atom is -0.485 e. The van der Waals surface area contributed by atoms with Crippen molar-refractivity contribution in [3.05, 3.63) is 64.2 Å². The third-order valence-electron chi connectivity index (χ3n) is 3.57. The minimum atomic E-state index is -0.535. The van der Waals surface area contributed by atoms with E-state index in [0.29, 0.717) is 11.4 Å². The molecule has 0 radical (unpaired) electrons. The van der Waals surface area contributed by atoms with Gasteiger partial charge in [0.1, 0.15) is 11.9 Å². The van der Waals surface area contributed by atoms with Crippen molar-refractivity contribution in [2.45, 2.75) is 25.6 Å². The molecule has 0 aromatic heterocycles. The first-order valence-corrected chi connectivity index (χ1v) is 6.72. The van der Waals surface area contributed by atoms with E-state index in [0.717, 1.165) is 16.9 Å². The third kappa shape index (κ3) is 2.34. The summed E-state index contributed by atoms with van der Waals surface area (Å²) in [6, 6.07) is 13.5. The van der Waals surface area contributed by atoms with Gasteiger partial charge < -0.3 is 9.84 Å². The molecule has 19 heavy (non-hydrogen) atoms. The van der Waals surface area contributed by atoms with Gasteiger partial charge in [-0.15, -0.1) is 0 Å². The molecule has 0 bridgehead atoms. The van der Waals surface area contributed by atoms with E-state index in [4.69, 9.17) is 16.3 Å². The van der Waals surface area contributed by atoms with E-state index in [9.17, 15) is 5.11 Å². The van der Waals surface area contributed by atoms with Gasteiger partial charge in [0.2, 0.25) is 0 Å². The van der Waals surface area contributed by atoms with Crippen molar-refractivity contribution in [2.75, 3.05) is 0 Å². The number of rotatable bonds is 1. The summed E-state index contributed by atoms with van der Waals surface area (Å²) in [5.74, 6) is 0.719. The lowest BCUT2D eigenvalue weighted by Crippen LogP contribution is -2.19. The van der Waals surface area contributed by atoms with Crippen LogP contribution in [0.1, 0.15) is 35.3 Å². The number of halogens is 1. The summed E-state index contributed by atoms with van der Waals surface area (Å²) in [7, 11) is 0. The van der Waals surface area contributed by atoms with E-state index in [1.807, 2.05) is 24.3 Å². The Bertz CT molecular complexity index is 609. The molecule has 1 aliphatic rings. The Morgan fingerprint density at radius 2 is 1.95 bits per heavy atom. The highest BCUT2D eigenvalue weighted by atomic mass is 35.5. The second kappa shape index (κ2) is 4.87. The number of benzene rings is 2. The van der Waals surface area contributed by atoms with E-state index in [2.05, 4.69) is 13.0 Å². The third-order valence-corrected chi connectivity index (χ3v) is 3.81. The molecule has 1 unspecified atom stereocenters. The van der Waals surface area contributed by atoms with Gasteiger partial charge in [-0.25, -0.2) is 0 Å². The first-order valence-electron chi connectivity index (χ1n) is 6.35. The summed E-state index contributed by atoms with van der Waals surface area (Å²) in [6.45, 7) is 2.06. The van der Waals surface area contributed by atoms with Gasteiger partial charge >= 0.3 is 0 Å². The predicted octanol–water partition coefficient (Wildman–Crippen LogP) is 4.21. The molecule has 0 saturated heterocycles. The van der Waals surface area contributed by atoms with Crippen molar-refractivity contribution in [1.82, 2.24) is 0 Å². The average molecular weight is 275 g/mol. The highest BCUT2D eigenvalue weighted by molar-refractivity contribution is 6.30. The van der Waals surface area contributed by atoms with Gasteiger partial charge in [-0.1, -0.05) is 35.9 Å². The molecule has 0 amide bonds. The van der Waals surface area contributed by atoms with Crippen LogP contribution in [0.25, 0.3) is 0 Å². The van der Waals surface area contributed by atoms with Crippen molar-refractivity contribution in [1.29, 1.82) is 0 Å². The molecule has 0 saturated carbocycles. The van der Waals surface area contributed by atoms with Gasteiger partial charge in [-0.05, 0) is 36.2 Å². The van der Waals surface area contributed by atoms with E-state index in [1.165, 1.54) is 5.56 Å². The van der Waals surface area contributed by atoms with Crippen LogP contribution in [-0.2, 0) is 0 Å². The second-order valence-corrected chi connectivity index (χ2v) is 5.33. The Labute approximate surface area is 117 Å². The highest BCUT2D eigenvalue weighted by Crippen LogP contribution is 2.42. The Kier molecular flexibility index (Phi) is 3.21.